The highest BCUT2D eigenvalue weighted by atomic mass is 19.3. The summed E-state index contributed by atoms with van der Waals surface area (Å²) in [7, 11) is 0. The Labute approximate surface area is 187 Å². The van der Waals surface area contributed by atoms with Crippen LogP contribution in [0.3, 0.4) is 0 Å². The summed E-state index contributed by atoms with van der Waals surface area (Å²) in [6, 6.07) is 8.93. The Morgan fingerprint density at radius 1 is 1.06 bits per heavy atom. The molecule has 172 valence electrons. The normalized spacial score (nSPS) is 17.7. The van der Waals surface area contributed by atoms with Gasteiger partial charge in [-0.05, 0) is 37.5 Å². The fraction of sp³-hybridized carbons (Fsp3) is 0.333. The number of carbonyl (C=O) groups is 1. The molecular formula is C21H22F2N8O2. The van der Waals surface area contributed by atoms with Crippen LogP contribution in [0.15, 0.2) is 53.7 Å². The quantitative estimate of drug-likeness (QED) is 0.469. The Balaban J connectivity index is 1.28. The molecule has 10 nitrogen and oxygen atoms in total. The van der Waals surface area contributed by atoms with Gasteiger partial charge in [0, 0.05) is 24.3 Å². The molecule has 2 atom stereocenters. The van der Waals surface area contributed by atoms with Gasteiger partial charge < -0.3 is 16.0 Å². The second kappa shape index (κ2) is 10.1. The minimum absolute atomic E-state index is 0.102. The van der Waals surface area contributed by atoms with Crippen molar-refractivity contribution in [1.82, 2.24) is 30.0 Å². The summed E-state index contributed by atoms with van der Waals surface area (Å²) in [4.78, 5) is 32.1. The van der Waals surface area contributed by atoms with Gasteiger partial charge in [-0.15, -0.1) is 10.2 Å². The lowest BCUT2D eigenvalue weighted by molar-refractivity contribution is 0.0885. The lowest BCUT2D eigenvalue weighted by Gasteiger charge is -2.15. The summed E-state index contributed by atoms with van der Waals surface area (Å²) in [5.41, 5.74) is 0.441. The van der Waals surface area contributed by atoms with E-state index < -0.39 is 18.9 Å². The summed E-state index contributed by atoms with van der Waals surface area (Å²) < 4.78 is 25.9. The molecule has 3 N–H and O–H groups in total. The Kier molecular flexibility index (Phi) is 6.81. The zero-order valence-corrected chi connectivity index (χ0v) is 17.5. The number of amides is 1. The van der Waals surface area contributed by atoms with Crippen LogP contribution in [0.25, 0.3) is 5.69 Å². The molecule has 12 heteroatoms. The van der Waals surface area contributed by atoms with E-state index in [0.29, 0.717) is 11.5 Å². The van der Waals surface area contributed by atoms with E-state index in [4.69, 9.17) is 0 Å². The van der Waals surface area contributed by atoms with Gasteiger partial charge in [-0.2, -0.15) is 0 Å². The predicted octanol–water partition coefficient (Wildman–Crippen LogP) is 1.86. The average Bonchev–Trinajstić information content (AvgIpc) is 3.25. The summed E-state index contributed by atoms with van der Waals surface area (Å²) in [6.45, 7) is -0.751. The van der Waals surface area contributed by atoms with Gasteiger partial charge in [0.25, 0.3) is 17.9 Å². The molecule has 1 fully saturated rings. The third kappa shape index (κ3) is 5.84. The number of alkyl halides is 2. The van der Waals surface area contributed by atoms with Gasteiger partial charge in [0.15, 0.2) is 5.69 Å². The van der Waals surface area contributed by atoms with Gasteiger partial charge in [-0.3, -0.25) is 14.2 Å². The number of hydrogen-bond donors (Lipinski definition) is 3. The number of hydrogen-bond acceptors (Lipinski definition) is 8. The van der Waals surface area contributed by atoms with Crippen molar-refractivity contribution < 1.29 is 13.6 Å². The van der Waals surface area contributed by atoms with E-state index in [9.17, 15) is 18.4 Å². The average molecular weight is 456 g/mol. The topological polar surface area (TPSA) is 127 Å². The van der Waals surface area contributed by atoms with Crippen LogP contribution >= 0.6 is 0 Å². The van der Waals surface area contributed by atoms with Gasteiger partial charge in [0.2, 0.25) is 5.95 Å². The summed E-state index contributed by atoms with van der Waals surface area (Å²) >= 11 is 0. The van der Waals surface area contributed by atoms with E-state index in [1.807, 2.05) is 12.1 Å². The van der Waals surface area contributed by atoms with Crippen molar-refractivity contribution in [3.8, 4) is 5.69 Å². The fourth-order valence-corrected chi connectivity index (χ4v) is 3.60. The van der Waals surface area contributed by atoms with Crippen LogP contribution in [-0.4, -0.2) is 55.7 Å². The monoisotopic (exact) mass is 456 g/mol. The molecule has 3 heterocycles. The second-order valence-corrected chi connectivity index (χ2v) is 7.57. The molecule has 0 unspecified atom stereocenters. The van der Waals surface area contributed by atoms with Crippen molar-refractivity contribution in [3.05, 3.63) is 65.0 Å². The maximum absolute atomic E-state index is 12.2. The Hall–Kier alpha value is -3.96. The first-order chi connectivity index (χ1) is 16.0. The first-order valence-corrected chi connectivity index (χ1v) is 10.4. The number of nitrogens with zero attached hydrogens (tertiary/aromatic N) is 5. The van der Waals surface area contributed by atoms with E-state index >= 15 is 0 Å². The van der Waals surface area contributed by atoms with Gasteiger partial charge in [0.1, 0.15) is 5.82 Å². The van der Waals surface area contributed by atoms with Crippen molar-refractivity contribution in [2.75, 3.05) is 17.2 Å². The highest BCUT2D eigenvalue weighted by Gasteiger charge is 2.25. The van der Waals surface area contributed by atoms with Crippen LogP contribution in [0.4, 0.5) is 20.5 Å². The van der Waals surface area contributed by atoms with E-state index in [2.05, 4.69) is 36.1 Å². The molecule has 0 radical (unpaired) electrons. The molecule has 33 heavy (non-hydrogen) atoms. The van der Waals surface area contributed by atoms with E-state index in [1.54, 1.807) is 24.5 Å². The van der Waals surface area contributed by atoms with Crippen molar-refractivity contribution in [2.24, 2.45) is 0 Å². The smallest absolute Gasteiger partial charge is 0.273 e. The van der Waals surface area contributed by atoms with Crippen molar-refractivity contribution in [1.29, 1.82) is 0 Å². The number of anilines is 2. The summed E-state index contributed by atoms with van der Waals surface area (Å²) in [6.07, 6.45) is 4.47. The van der Waals surface area contributed by atoms with E-state index in [-0.39, 0.29) is 29.3 Å². The van der Waals surface area contributed by atoms with Crippen LogP contribution < -0.4 is 21.5 Å². The van der Waals surface area contributed by atoms with Crippen LogP contribution in [-0.2, 0) is 0 Å². The molecular weight excluding hydrogens is 434 g/mol. The standard InChI is InChI=1S/C21H22F2N8O2/c22-17(23)12-25-20(33)16-11-26-21(30-29-16)28-14-5-4-13(9-14)27-18-7-6-15(10-24-18)31-8-2-1-3-19(31)32/h1-3,6-8,10-11,13-14,17H,4-5,9,12H2,(H,24,27)(H,25,33)(H,26,28,30)/t13-,14-/m0/s1. The molecule has 0 aromatic carbocycles. The summed E-state index contributed by atoms with van der Waals surface area (Å²) in [5, 5.41) is 16.2. The number of rotatable bonds is 8. The van der Waals surface area contributed by atoms with Gasteiger partial charge in [0.05, 0.1) is 24.6 Å². The van der Waals surface area contributed by atoms with Crippen LogP contribution in [0.1, 0.15) is 29.8 Å². The highest BCUT2D eigenvalue weighted by Crippen LogP contribution is 2.24. The largest absolute Gasteiger partial charge is 0.367 e. The van der Waals surface area contributed by atoms with Crippen LogP contribution in [0.5, 0.6) is 0 Å². The molecule has 0 saturated heterocycles. The zero-order chi connectivity index (χ0) is 23.2. The van der Waals surface area contributed by atoms with Crippen molar-refractivity contribution >= 4 is 17.7 Å². The van der Waals surface area contributed by atoms with Crippen LogP contribution in [0, 0.1) is 0 Å². The molecule has 4 rings (SSSR count). The Morgan fingerprint density at radius 3 is 2.55 bits per heavy atom. The first kappa shape index (κ1) is 22.2. The van der Waals surface area contributed by atoms with Gasteiger partial charge >= 0.3 is 0 Å². The zero-order valence-electron chi connectivity index (χ0n) is 17.5. The molecule has 0 bridgehead atoms. The maximum Gasteiger partial charge on any atom is 0.273 e. The molecule has 1 amide bonds. The highest BCUT2D eigenvalue weighted by molar-refractivity contribution is 5.91. The molecule has 1 saturated carbocycles. The Morgan fingerprint density at radius 2 is 1.88 bits per heavy atom. The number of halogens is 2. The third-order valence-electron chi connectivity index (χ3n) is 5.18. The second-order valence-electron chi connectivity index (χ2n) is 7.57. The van der Waals surface area contributed by atoms with Crippen LogP contribution in [0.2, 0.25) is 0 Å². The van der Waals surface area contributed by atoms with Crippen molar-refractivity contribution in [3.63, 3.8) is 0 Å². The number of aromatic nitrogens is 5. The predicted molar refractivity (Wildman–Crippen MR) is 117 cm³/mol. The molecule has 1 aliphatic carbocycles. The molecule has 0 spiro atoms. The molecule has 1 aliphatic rings. The molecule has 3 aromatic heterocycles. The van der Waals surface area contributed by atoms with Crippen molar-refractivity contribution in [2.45, 2.75) is 37.8 Å². The minimum Gasteiger partial charge on any atom is -0.367 e. The fourth-order valence-electron chi connectivity index (χ4n) is 3.60. The lowest BCUT2D eigenvalue weighted by atomic mass is 10.2. The molecule has 0 aliphatic heterocycles. The van der Waals surface area contributed by atoms with E-state index in [0.717, 1.165) is 19.3 Å². The number of carbonyl (C=O) groups excluding carboxylic acids is 1. The van der Waals surface area contributed by atoms with Gasteiger partial charge in [-0.25, -0.2) is 18.7 Å². The SMILES string of the molecule is O=C(NCC(F)F)c1cnc(N[C@H]2CC[C@H](Nc3ccc(-n4ccccc4=O)cn3)C2)nn1. The summed E-state index contributed by atoms with van der Waals surface area (Å²) in [5.74, 6) is 0.231. The first-order valence-electron chi connectivity index (χ1n) is 10.4. The maximum atomic E-state index is 12.2. The van der Waals surface area contributed by atoms with Gasteiger partial charge in [-0.1, -0.05) is 6.07 Å². The van der Waals surface area contributed by atoms with E-state index in [1.165, 1.54) is 16.8 Å². The number of pyridine rings is 2. The minimum atomic E-state index is -2.64. The number of nitrogens with one attached hydrogen (secondary N) is 3. The molecule has 3 aromatic rings. The Bertz CT molecular complexity index is 1140. The third-order valence-corrected chi connectivity index (χ3v) is 5.18. The lowest BCUT2D eigenvalue weighted by Crippen LogP contribution is -2.29.